The first kappa shape index (κ1) is 19.9. The lowest BCUT2D eigenvalue weighted by Crippen LogP contribution is -2.50. The molecule has 0 aliphatic rings. The van der Waals surface area contributed by atoms with E-state index in [1.807, 2.05) is 0 Å². The van der Waals surface area contributed by atoms with Crippen LogP contribution in [-0.2, 0) is 4.79 Å². The summed E-state index contributed by atoms with van der Waals surface area (Å²) in [5, 5.41) is 16.1. The summed E-state index contributed by atoms with van der Waals surface area (Å²) in [6.45, 7) is 1.58. The van der Waals surface area contributed by atoms with Crippen LogP contribution >= 0.6 is 0 Å². The van der Waals surface area contributed by atoms with Gasteiger partial charge in [0.1, 0.15) is 5.97 Å². The third-order valence-corrected chi connectivity index (χ3v) is 2.92. The number of hydrogen-bond donors (Lipinski definition) is 3. The van der Waals surface area contributed by atoms with Gasteiger partial charge in [0.2, 0.25) is 17.7 Å². The van der Waals surface area contributed by atoms with Gasteiger partial charge in [-0.3, -0.25) is 0 Å². The topological polar surface area (TPSA) is 175 Å². The number of carbonyl (C=O) groups excluding carboxylic acids is 1. The molecule has 0 amide bonds. The van der Waals surface area contributed by atoms with Gasteiger partial charge in [0.15, 0.2) is 5.76 Å². The molecule has 6 N–H and O–H groups in total. The van der Waals surface area contributed by atoms with Crippen LogP contribution in [0.15, 0.2) is 22.8 Å². The predicted molar refractivity (Wildman–Crippen MR) is 82.6 cm³/mol. The number of carboxylic acids is 1. The Kier molecular flexibility index (Phi) is 6.12. The molecular weight excluding hydrogens is 373 g/mol. The number of nitrogen functional groups attached to an aromatic ring is 1. The normalized spacial score (nSPS) is 11.1. The van der Waals surface area contributed by atoms with E-state index in [2.05, 4.69) is 31.1 Å². The number of nitrogens with zero attached hydrogens (tertiary/aromatic N) is 5. The molecule has 3 heterocycles. The van der Waals surface area contributed by atoms with Crippen LogP contribution < -0.4 is 21.9 Å². The number of quaternary nitrogens is 1. The number of halogens is 3. The summed E-state index contributed by atoms with van der Waals surface area (Å²) in [4.78, 5) is 21.5. The van der Waals surface area contributed by atoms with Gasteiger partial charge in [-0.05, 0) is 12.1 Å². The number of carboxylic acid groups (broad SMARTS) is 1. The minimum Gasteiger partial charge on any atom is -0.542 e. The van der Waals surface area contributed by atoms with Gasteiger partial charge in [-0.1, -0.05) is 0 Å². The van der Waals surface area contributed by atoms with E-state index in [1.165, 1.54) is 4.52 Å². The zero-order valence-corrected chi connectivity index (χ0v) is 13.7. The highest BCUT2D eigenvalue weighted by Crippen LogP contribution is 2.17. The number of nitrogens with one attached hydrogen (secondary N) is 1. The van der Waals surface area contributed by atoms with E-state index in [9.17, 15) is 13.2 Å². The van der Waals surface area contributed by atoms with Crippen molar-refractivity contribution in [3.63, 3.8) is 0 Å². The van der Waals surface area contributed by atoms with E-state index in [0.29, 0.717) is 23.3 Å². The van der Waals surface area contributed by atoms with Gasteiger partial charge in [-0.25, -0.2) is 0 Å². The van der Waals surface area contributed by atoms with E-state index in [0.717, 1.165) is 19.5 Å². The number of aliphatic carboxylic acids is 1. The number of anilines is 2. The maximum Gasteiger partial charge on any atom is 0.430 e. The Morgan fingerprint density at radius 2 is 2.07 bits per heavy atom. The second-order valence-electron chi connectivity index (χ2n) is 4.95. The maximum atomic E-state index is 10.5. The Hall–Kier alpha value is -3.42. The molecule has 0 saturated heterocycles. The highest BCUT2D eigenvalue weighted by atomic mass is 19.4. The molecule has 3 aromatic rings. The molecule has 27 heavy (non-hydrogen) atoms. The fraction of sp³-hybridized carbons (Fsp3) is 0.308. The van der Waals surface area contributed by atoms with Crippen molar-refractivity contribution >= 4 is 23.6 Å². The van der Waals surface area contributed by atoms with Gasteiger partial charge < -0.3 is 31.1 Å². The van der Waals surface area contributed by atoms with Crippen LogP contribution in [0.5, 0.6) is 0 Å². The second kappa shape index (κ2) is 8.31. The zero-order chi connectivity index (χ0) is 20.0. The highest BCUT2D eigenvalue weighted by Gasteiger charge is 2.28. The highest BCUT2D eigenvalue weighted by molar-refractivity contribution is 5.70. The molecule has 3 rings (SSSR count). The fourth-order valence-electron chi connectivity index (χ4n) is 1.72. The van der Waals surface area contributed by atoms with Crippen molar-refractivity contribution in [1.82, 2.24) is 24.6 Å². The van der Waals surface area contributed by atoms with E-state index in [-0.39, 0.29) is 5.95 Å². The van der Waals surface area contributed by atoms with Crippen molar-refractivity contribution in [2.75, 3.05) is 24.1 Å². The Balaban J connectivity index is 0.000000321. The molecule has 11 nitrogen and oxygen atoms in total. The quantitative estimate of drug-likeness (QED) is 0.449. The largest absolute Gasteiger partial charge is 0.542 e. The number of alkyl halides is 3. The van der Waals surface area contributed by atoms with E-state index < -0.39 is 12.1 Å². The van der Waals surface area contributed by atoms with Crippen molar-refractivity contribution in [2.45, 2.75) is 12.6 Å². The first-order valence-electron chi connectivity index (χ1n) is 7.48. The average molecular weight is 388 g/mol. The first-order chi connectivity index (χ1) is 12.7. The third kappa shape index (κ3) is 5.27. The number of furan rings is 1. The summed E-state index contributed by atoms with van der Waals surface area (Å²) in [6, 6.07) is 3.54. The molecular formula is C13H15F3N8O3. The zero-order valence-electron chi connectivity index (χ0n) is 13.7. The first-order valence-corrected chi connectivity index (χ1v) is 7.48. The molecule has 3 aromatic heterocycles. The van der Waals surface area contributed by atoms with Crippen molar-refractivity contribution < 1.29 is 33.2 Å². The fourth-order valence-corrected chi connectivity index (χ4v) is 1.72. The Morgan fingerprint density at radius 3 is 2.63 bits per heavy atom. The minimum atomic E-state index is -5.19. The van der Waals surface area contributed by atoms with Crippen LogP contribution in [0.1, 0.15) is 6.42 Å². The Labute approximate surface area is 149 Å². The molecule has 0 aliphatic heterocycles. The number of aromatic nitrogens is 5. The van der Waals surface area contributed by atoms with Crippen molar-refractivity contribution in [3.05, 3.63) is 18.4 Å². The van der Waals surface area contributed by atoms with Gasteiger partial charge in [-0.2, -0.15) is 32.6 Å². The van der Waals surface area contributed by atoms with Gasteiger partial charge in [-0.15, -0.1) is 5.10 Å². The SMILES string of the molecule is Nc1nc(NCCC[NH3+])nc2nc(-c3ccco3)nn12.O=C([O-])C(F)(F)F. The van der Waals surface area contributed by atoms with Crippen LogP contribution in [0.25, 0.3) is 17.4 Å². The van der Waals surface area contributed by atoms with E-state index >= 15 is 0 Å². The standard InChI is InChI=1S/C11H14N8O.C2HF3O2/c12-4-2-5-14-10-16-9(13)19-11(17-10)15-8(18-19)7-3-1-6-20-7;3-2(4,5)1(6)7/h1,3,6H,2,4-5,12H2,(H3,13,14,15,16,17,18);(H,6,7). The molecule has 14 heteroatoms. The number of hydrogen-bond acceptors (Lipinski definition) is 9. The van der Waals surface area contributed by atoms with Crippen molar-refractivity contribution in [3.8, 4) is 11.6 Å². The Bertz CT molecular complexity index is 894. The molecule has 0 spiro atoms. The third-order valence-electron chi connectivity index (χ3n) is 2.92. The number of rotatable bonds is 5. The molecule has 0 saturated carbocycles. The van der Waals surface area contributed by atoms with Crippen LogP contribution in [0, 0.1) is 0 Å². The summed E-state index contributed by atoms with van der Waals surface area (Å²) in [5.41, 5.74) is 9.63. The van der Waals surface area contributed by atoms with E-state index in [1.54, 1.807) is 18.4 Å². The summed E-state index contributed by atoms with van der Waals surface area (Å²) in [7, 11) is 0. The minimum absolute atomic E-state index is 0.220. The second-order valence-corrected chi connectivity index (χ2v) is 4.95. The van der Waals surface area contributed by atoms with Gasteiger partial charge >= 0.3 is 6.18 Å². The molecule has 0 radical (unpaired) electrons. The van der Waals surface area contributed by atoms with Gasteiger partial charge in [0.05, 0.1) is 12.8 Å². The Morgan fingerprint density at radius 1 is 1.37 bits per heavy atom. The van der Waals surface area contributed by atoms with Gasteiger partial charge in [0, 0.05) is 13.0 Å². The number of nitrogens with two attached hydrogens (primary N) is 1. The van der Waals surface area contributed by atoms with Gasteiger partial charge in [0.25, 0.3) is 5.78 Å². The molecule has 0 fully saturated rings. The molecule has 0 aliphatic carbocycles. The summed E-state index contributed by atoms with van der Waals surface area (Å²) in [5.74, 6) is -1.000. The number of fused-ring (bicyclic) bond motifs is 1. The maximum absolute atomic E-state index is 10.5. The summed E-state index contributed by atoms with van der Waals surface area (Å²) < 4.78 is 38.2. The molecule has 0 unspecified atom stereocenters. The molecule has 0 atom stereocenters. The van der Waals surface area contributed by atoms with Crippen LogP contribution in [-0.4, -0.2) is 49.8 Å². The lowest BCUT2D eigenvalue weighted by molar-refractivity contribution is -0.367. The summed E-state index contributed by atoms with van der Waals surface area (Å²) >= 11 is 0. The van der Waals surface area contributed by atoms with Crippen LogP contribution in [0.3, 0.4) is 0 Å². The predicted octanol–water partition coefficient (Wildman–Crippen LogP) is -1.30. The molecule has 0 aromatic carbocycles. The van der Waals surface area contributed by atoms with Crippen LogP contribution in [0.4, 0.5) is 25.1 Å². The van der Waals surface area contributed by atoms with Crippen molar-refractivity contribution in [2.24, 2.45) is 0 Å². The van der Waals surface area contributed by atoms with Crippen molar-refractivity contribution in [1.29, 1.82) is 0 Å². The lowest BCUT2D eigenvalue weighted by Gasteiger charge is -2.03. The smallest absolute Gasteiger partial charge is 0.430 e. The monoisotopic (exact) mass is 388 g/mol. The van der Waals surface area contributed by atoms with E-state index in [4.69, 9.17) is 20.1 Å². The number of carbonyl (C=O) groups is 1. The summed E-state index contributed by atoms with van der Waals surface area (Å²) in [6.07, 6.45) is -2.71. The van der Waals surface area contributed by atoms with Crippen LogP contribution in [0.2, 0.25) is 0 Å². The average Bonchev–Trinajstić information content (AvgIpc) is 3.24. The molecule has 0 bridgehead atoms. The molecule has 146 valence electrons. The lowest BCUT2D eigenvalue weighted by atomic mass is 10.4.